The molecule has 0 saturated heterocycles. The maximum atomic E-state index is 3.34. The summed E-state index contributed by atoms with van der Waals surface area (Å²) in [4.78, 5) is 0. The summed E-state index contributed by atoms with van der Waals surface area (Å²) in [6.07, 6.45) is 10.3. The number of benzene rings is 2. The lowest BCUT2D eigenvalue weighted by Crippen LogP contribution is -2.29. The number of hydrogen-bond donors (Lipinski definition) is 1. The molecule has 2 aliphatic rings. The number of allylic oxidation sites excluding steroid dienone is 6. The van der Waals surface area contributed by atoms with Crippen LogP contribution in [-0.2, 0) is 0 Å². The predicted octanol–water partition coefficient (Wildman–Crippen LogP) is 4.64. The molecule has 0 amide bonds. The second-order valence-electron chi connectivity index (χ2n) is 6.00. The third kappa shape index (κ3) is 3.13. The van der Waals surface area contributed by atoms with Crippen LogP contribution in [0.2, 0.25) is 0 Å². The first-order valence-electron chi connectivity index (χ1n) is 8.31. The topological polar surface area (TPSA) is 15.3 Å². The van der Waals surface area contributed by atoms with Gasteiger partial charge in [-0.3, -0.25) is 10.4 Å². The van der Waals surface area contributed by atoms with Gasteiger partial charge in [-0.1, -0.05) is 72.0 Å². The van der Waals surface area contributed by atoms with Gasteiger partial charge < -0.3 is 0 Å². The Labute approximate surface area is 148 Å². The normalized spacial score (nSPS) is 15.1. The molecular formula is C23H18N2. The minimum atomic E-state index is 0.982. The number of para-hydroxylation sites is 1. The van der Waals surface area contributed by atoms with Crippen LogP contribution in [0.4, 0.5) is 5.69 Å². The van der Waals surface area contributed by atoms with Crippen LogP contribution in [0.5, 0.6) is 0 Å². The minimum Gasteiger partial charge on any atom is -0.300 e. The molecular weight excluding hydrogens is 304 g/mol. The fraction of sp³-hybridized carbons (Fsp3) is 0.0435. The van der Waals surface area contributed by atoms with Crippen molar-refractivity contribution in [2.24, 2.45) is 0 Å². The second kappa shape index (κ2) is 6.59. The van der Waals surface area contributed by atoms with Gasteiger partial charge in [0.15, 0.2) is 0 Å². The van der Waals surface area contributed by atoms with Crippen LogP contribution in [0.25, 0.3) is 0 Å². The van der Waals surface area contributed by atoms with Gasteiger partial charge in [-0.15, -0.1) is 0 Å². The van der Waals surface area contributed by atoms with E-state index in [2.05, 4.69) is 89.9 Å². The van der Waals surface area contributed by atoms with Crippen molar-refractivity contribution in [2.75, 3.05) is 5.01 Å². The summed E-state index contributed by atoms with van der Waals surface area (Å²) in [7, 11) is 0. The van der Waals surface area contributed by atoms with E-state index in [1.807, 2.05) is 24.4 Å². The number of anilines is 1. The van der Waals surface area contributed by atoms with Gasteiger partial charge in [0.1, 0.15) is 0 Å². The highest BCUT2D eigenvalue weighted by Crippen LogP contribution is 2.30. The Bertz CT molecular complexity index is 948. The molecule has 2 heteroatoms. The third-order valence-electron chi connectivity index (χ3n) is 4.16. The van der Waals surface area contributed by atoms with E-state index in [4.69, 9.17) is 0 Å². The summed E-state index contributed by atoms with van der Waals surface area (Å²) < 4.78 is 0. The quantitative estimate of drug-likeness (QED) is 0.770. The van der Waals surface area contributed by atoms with Gasteiger partial charge in [0, 0.05) is 17.3 Å². The van der Waals surface area contributed by atoms with Crippen LogP contribution < -0.4 is 10.4 Å². The molecule has 0 saturated carbocycles. The molecule has 4 rings (SSSR count). The number of hydrazine groups is 1. The summed E-state index contributed by atoms with van der Waals surface area (Å²) in [5.41, 5.74) is 9.90. The van der Waals surface area contributed by atoms with Crippen LogP contribution in [0.15, 0.2) is 102 Å². The van der Waals surface area contributed by atoms with Crippen molar-refractivity contribution in [3.63, 3.8) is 0 Å². The number of aryl methyl sites for hydroxylation is 1. The van der Waals surface area contributed by atoms with Crippen molar-refractivity contribution in [3.8, 4) is 11.8 Å². The summed E-state index contributed by atoms with van der Waals surface area (Å²) in [6, 6.07) is 18.6. The highest BCUT2D eigenvalue weighted by atomic mass is 15.5. The molecule has 1 heterocycles. The molecule has 0 bridgehead atoms. The van der Waals surface area contributed by atoms with Crippen molar-refractivity contribution in [1.82, 2.24) is 5.43 Å². The van der Waals surface area contributed by atoms with Gasteiger partial charge in [-0.2, -0.15) is 0 Å². The van der Waals surface area contributed by atoms with Crippen molar-refractivity contribution in [3.05, 3.63) is 113 Å². The predicted molar refractivity (Wildman–Crippen MR) is 104 cm³/mol. The van der Waals surface area contributed by atoms with Crippen LogP contribution >= 0.6 is 0 Å². The molecule has 25 heavy (non-hydrogen) atoms. The lowest BCUT2D eigenvalue weighted by atomic mass is 10.1. The maximum Gasteiger partial charge on any atom is 0.0874 e. The van der Waals surface area contributed by atoms with E-state index < -0.39 is 0 Å². The third-order valence-corrected chi connectivity index (χ3v) is 4.16. The standard InChI is InChI=1S/C23H18N2/c1-18-11-13-19(14-12-18)15-16-21-17-24-25(22-9-3-2-4-10-22)23(21)20-7-5-6-8-20/h2-14,17,24H,1H3. The first kappa shape index (κ1) is 15.1. The number of nitrogens with zero attached hydrogens (tertiary/aromatic N) is 1. The monoisotopic (exact) mass is 322 g/mol. The molecule has 0 atom stereocenters. The smallest absolute Gasteiger partial charge is 0.0874 e. The Morgan fingerprint density at radius 3 is 2.28 bits per heavy atom. The molecule has 1 N–H and O–H groups in total. The first-order chi connectivity index (χ1) is 12.3. The molecule has 1 aliphatic heterocycles. The largest absolute Gasteiger partial charge is 0.300 e. The van der Waals surface area contributed by atoms with Gasteiger partial charge in [0.25, 0.3) is 0 Å². The molecule has 0 unspecified atom stereocenters. The van der Waals surface area contributed by atoms with Crippen molar-refractivity contribution < 1.29 is 0 Å². The summed E-state index contributed by atoms with van der Waals surface area (Å²) in [6.45, 7) is 2.08. The molecule has 0 spiro atoms. The molecule has 1 aliphatic carbocycles. The number of hydrogen-bond acceptors (Lipinski definition) is 2. The zero-order valence-electron chi connectivity index (χ0n) is 14.0. The van der Waals surface area contributed by atoms with E-state index in [0.717, 1.165) is 28.1 Å². The molecule has 120 valence electrons. The van der Waals surface area contributed by atoms with Gasteiger partial charge in [0.05, 0.1) is 17.0 Å². The number of nitrogens with one attached hydrogen (secondary N) is 1. The van der Waals surface area contributed by atoms with E-state index in [0.29, 0.717) is 0 Å². The van der Waals surface area contributed by atoms with Crippen molar-refractivity contribution >= 4 is 5.69 Å². The first-order valence-corrected chi connectivity index (χ1v) is 8.31. The fourth-order valence-electron chi connectivity index (χ4n) is 2.85. The minimum absolute atomic E-state index is 0.982. The average Bonchev–Trinajstić information content (AvgIpc) is 3.31. The lowest BCUT2D eigenvalue weighted by molar-refractivity contribution is 0.888. The second-order valence-corrected chi connectivity index (χ2v) is 6.00. The van der Waals surface area contributed by atoms with Crippen LogP contribution in [0.3, 0.4) is 0 Å². The van der Waals surface area contributed by atoms with E-state index in [1.165, 1.54) is 5.56 Å². The number of rotatable bonds is 1. The SMILES string of the molecule is Cc1ccc(C#CC2=CNN(c3ccccc3)C2=C2C=CC=C2)cc1. The highest BCUT2D eigenvalue weighted by molar-refractivity contribution is 5.68. The Hall–Kier alpha value is -3.44. The molecule has 0 fully saturated rings. The summed E-state index contributed by atoms with van der Waals surface area (Å²) >= 11 is 0. The van der Waals surface area contributed by atoms with E-state index in [9.17, 15) is 0 Å². The van der Waals surface area contributed by atoms with Gasteiger partial charge in [0.2, 0.25) is 0 Å². The molecule has 2 nitrogen and oxygen atoms in total. The highest BCUT2D eigenvalue weighted by Gasteiger charge is 2.23. The van der Waals surface area contributed by atoms with Gasteiger partial charge in [-0.25, -0.2) is 0 Å². The molecule has 2 aromatic rings. The molecule has 2 aromatic carbocycles. The van der Waals surface area contributed by atoms with Crippen LogP contribution in [-0.4, -0.2) is 0 Å². The Morgan fingerprint density at radius 2 is 1.56 bits per heavy atom. The van der Waals surface area contributed by atoms with E-state index in [1.54, 1.807) is 0 Å². The zero-order valence-corrected chi connectivity index (χ0v) is 14.0. The van der Waals surface area contributed by atoms with Crippen molar-refractivity contribution in [1.29, 1.82) is 0 Å². The van der Waals surface area contributed by atoms with Crippen LogP contribution in [0, 0.1) is 18.8 Å². The van der Waals surface area contributed by atoms with Gasteiger partial charge in [-0.05, 0) is 31.2 Å². The van der Waals surface area contributed by atoms with Gasteiger partial charge >= 0.3 is 0 Å². The summed E-state index contributed by atoms with van der Waals surface area (Å²) in [5.74, 6) is 6.60. The molecule has 0 aromatic heterocycles. The Kier molecular flexibility index (Phi) is 3.98. The van der Waals surface area contributed by atoms with E-state index >= 15 is 0 Å². The summed E-state index contributed by atoms with van der Waals surface area (Å²) in [5, 5.41) is 2.08. The Morgan fingerprint density at radius 1 is 0.840 bits per heavy atom. The van der Waals surface area contributed by atoms with Crippen LogP contribution in [0.1, 0.15) is 11.1 Å². The zero-order chi connectivity index (χ0) is 17.1. The fourth-order valence-corrected chi connectivity index (χ4v) is 2.85. The molecule has 0 radical (unpaired) electrons. The maximum absolute atomic E-state index is 3.34. The average molecular weight is 322 g/mol. The Balaban J connectivity index is 1.71. The van der Waals surface area contributed by atoms with Crippen molar-refractivity contribution in [2.45, 2.75) is 6.92 Å². The lowest BCUT2D eigenvalue weighted by Gasteiger charge is -2.22. The van der Waals surface area contributed by atoms with E-state index in [-0.39, 0.29) is 0 Å².